The molecule has 0 aliphatic heterocycles. The van der Waals surface area contributed by atoms with Crippen LogP contribution >= 0.6 is 0 Å². The maximum atomic E-state index is 12.0. The molecule has 8 heteroatoms. The number of benzene rings is 2. The second kappa shape index (κ2) is 11.2. The predicted octanol–water partition coefficient (Wildman–Crippen LogP) is 3.60. The Labute approximate surface area is 198 Å². The summed E-state index contributed by atoms with van der Waals surface area (Å²) in [6.07, 6.45) is 0.728. The summed E-state index contributed by atoms with van der Waals surface area (Å²) >= 11 is 0. The summed E-state index contributed by atoms with van der Waals surface area (Å²) in [5, 5.41) is 0. The van der Waals surface area contributed by atoms with Gasteiger partial charge >= 0.3 is 11.9 Å². The fourth-order valence-corrected chi connectivity index (χ4v) is 3.63. The Morgan fingerprint density at radius 1 is 0.971 bits per heavy atom. The van der Waals surface area contributed by atoms with Crippen LogP contribution < -0.4 is 10.5 Å². The SMILES string of the molecule is CCOC(=O)CCc1ccc(-c2ccc(OCC(=O)OC)cc2)n1-c1ccc(C(N)=O)cc1C. The van der Waals surface area contributed by atoms with Crippen LogP contribution in [0.1, 0.15) is 35.0 Å². The molecule has 0 atom stereocenters. The van der Waals surface area contributed by atoms with Crippen molar-refractivity contribution in [2.75, 3.05) is 20.3 Å². The molecule has 0 saturated carbocycles. The first-order valence-electron chi connectivity index (χ1n) is 10.9. The Balaban J connectivity index is 1.98. The van der Waals surface area contributed by atoms with E-state index in [1.54, 1.807) is 31.2 Å². The van der Waals surface area contributed by atoms with Crippen LogP contribution in [0.3, 0.4) is 0 Å². The summed E-state index contributed by atoms with van der Waals surface area (Å²) < 4.78 is 17.2. The van der Waals surface area contributed by atoms with E-state index < -0.39 is 11.9 Å². The van der Waals surface area contributed by atoms with Gasteiger partial charge in [-0.2, -0.15) is 0 Å². The van der Waals surface area contributed by atoms with Crippen LogP contribution in [0.25, 0.3) is 16.9 Å². The molecule has 34 heavy (non-hydrogen) atoms. The zero-order valence-electron chi connectivity index (χ0n) is 19.5. The van der Waals surface area contributed by atoms with Gasteiger partial charge in [0.15, 0.2) is 6.61 Å². The highest BCUT2D eigenvalue weighted by Crippen LogP contribution is 2.30. The smallest absolute Gasteiger partial charge is 0.343 e. The summed E-state index contributed by atoms with van der Waals surface area (Å²) in [6.45, 7) is 3.85. The second-order valence-electron chi connectivity index (χ2n) is 7.61. The minimum Gasteiger partial charge on any atom is -0.482 e. The highest BCUT2D eigenvalue weighted by atomic mass is 16.6. The summed E-state index contributed by atoms with van der Waals surface area (Å²) in [6, 6.07) is 16.6. The highest BCUT2D eigenvalue weighted by molar-refractivity contribution is 5.93. The van der Waals surface area contributed by atoms with Crippen LogP contribution in [0.5, 0.6) is 5.75 Å². The number of nitrogens with zero attached hydrogens (tertiary/aromatic N) is 1. The number of aromatic nitrogens is 1. The number of hydrogen-bond acceptors (Lipinski definition) is 6. The number of carbonyl (C=O) groups is 3. The van der Waals surface area contributed by atoms with E-state index in [-0.39, 0.29) is 19.0 Å². The second-order valence-corrected chi connectivity index (χ2v) is 7.61. The maximum absolute atomic E-state index is 12.0. The van der Waals surface area contributed by atoms with Crippen molar-refractivity contribution in [3.05, 3.63) is 71.4 Å². The summed E-state index contributed by atoms with van der Waals surface area (Å²) in [4.78, 5) is 34.9. The monoisotopic (exact) mass is 464 g/mol. The van der Waals surface area contributed by atoms with Gasteiger partial charge < -0.3 is 24.5 Å². The third-order valence-electron chi connectivity index (χ3n) is 5.31. The third-order valence-corrected chi connectivity index (χ3v) is 5.31. The molecular weight excluding hydrogens is 436 g/mol. The van der Waals surface area contributed by atoms with Gasteiger partial charge in [-0.3, -0.25) is 9.59 Å². The average molecular weight is 465 g/mol. The summed E-state index contributed by atoms with van der Waals surface area (Å²) in [5.41, 5.74) is 10.3. The van der Waals surface area contributed by atoms with Gasteiger partial charge in [-0.25, -0.2) is 4.79 Å². The molecule has 0 unspecified atom stereocenters. The molecule has 0 saturated heterocycles. The molecule has 178 valence electrons. The van der Waals surface area contributed by atoms with Crippen LogP contribution in [0, 0.1) is 6.92 Å². The molecule has 2 aromatic carbocycles. The van der Waals surface area contributed by atoms with Gasteiger partial charge in [-0.15, -0.1) is 0 Å². The Hall–Kier alpha value is -4.07. The van der Waals surface area contributed by atoms with E-state index in [1.807, 2.05) is 37.3 Å². The maximum Gasteiger partial charge on any atom is 0.343 e. The number of amides is 1. The number of aryl methyl sites for hydroxylation is 2. The van der Waals surface area contributed by atoms with Crippen molar-refractivity contribution in [2.24, 2.45) is 5.73 Å². The molecule has 1 aromatic heterocycles. The first-order valence-corrected chi connectivity index (χ1v) is 10.9. The summed E-state index contributed by atoms with van der Waals surface area (Å²) in [7, 11) is 1.31. The molecule has 0 aliphatic carbocycles. The number of primary amides is 1. The Kier molecular flexibility index (Phi) is 8.08. The minimum absolute atomic E-state index is 0.171. The molecule has 8 nitrogen and oxygen atoms in total. The molecule has 0 fully saturated rings. The van der Waals surface area contributed by atoms with Crippen LogP contribution in [-0.4, -0.2) is 42.7 Å². The molecule has 1 heterocycles. The normalized spacial score (nSPS) is 10.6. The van der Waals surface area contributed by atoms with Crippen LogP contribution in [-0.2, 0) is 25.5 Å². The predicted molar refractivity (Wildman–Crippen MR) is 127 cm³/mol. The fourth-order valence-electron chi connectivity index (χ4n) is 3.63. The van der Waals surface area contributed by atoms with E-state index in [2.05, 4.69) is 9.30 Å². The lowest BCUT2D eigenvalue weighted by atomic mass is 10.1. The van der Waals surface area contributed by atoms with Gasteiger partial charge in [-0.1, -0.05) is 0 Å². The molecular formula is C26H28N2O6. The van der Waals surface area contributed by atoms with Gasteiger partial charge in [0, 0.05) is 16.9 Å². The Bertz CT molecular complexity index is 1180. The topological polar surface area (TPSA) is 110 Å². The number of hydrogen-bond donors (Lipinski definition) is 1. The quantitative estimate of drug-likeness (QED) is 0.459. The third kappa shape index (κ3) is 5.83. The number of nitrogens with two attached hydrogens (primary N) is 1. The average Bonchev–Trinajstić information content (AvgIpc) is 3.25. The van der Waals surface area contributed by atoms with Gasteiger partial charge in [0.25, 0.3) is 0 Å². The molecule has 0 bridgehead atoms. The van der Waals surface area contributed by atoms with Gasteiger partial charge in [0.05, 0.1) is 25.8 Å². The van der Waals surface area contributed by atoms with Crippen LogP contribution in [0.2, 0.25) is 0 Å². The molecule has 2 N–H and O–H groups in total. The largest absolute Gasteiger partial charge is 0.482 e. The lowest BCUT2D eigenvalue weighted by Crippen LogP contribution is -2.13. The fraction of sp³-hybridized carbons (Fsp3) is 0.269. The summed E-state index contributed by atoms with van der Waals surface area (Å²) in [5.74, 6) is -0.673. The van der Waals surface area contributed by atoms with Crippen molar-refractivity contribution in [3.63, 3.8) is 0 Å². The number of carbonyl (C=O) groups excluding carboxylic acids is 3. The molecule has 0 spiro atoms. The number of esters is 2. The number of ether oxygens (including phenoxy) is 3. The number of methoxy groups -OCH3 is 1. The van der Waals surface area contributed by atoms with Crippen molar-refractivity contribution in [3.8, 4) is 22.7 Å². The molecule has 3 rings (SSSR count). The van der Waals surface area contributed by atoms with Gasteiger partial charge in [0.2, 0.25) is 5.91 Å². The van der Waals surface area contributed by atoms with E-state index in [9.17, 15) is 14.4 Å². The zero-order valence-corrected chi connectivity index (χ0v) is 19.5. The van der Waals surface area contributed by atoms with Crippen molar-refractivity contribution in [1.82, 2.24) is 4.57 Å². The van der Waals surface area contributed by atoms with Crippen molar-refractivity contribution < 1.29 is 28.6 Å². The molecule has 1 amide bonds. The van der Waals surface area contributed by atoms with Gasteiger partial charge in [-0.05, 0) is 86.0 Å². The van der Waals surface area contributed by atoms with Crippen molar-refractivity contribution in [2.45, 2.75) is 26.7 Å². The van der Waals surface area contributed by atoms with Gasteiger partial charge in [0.1, 0.15) is 5.75 Å². The number of rotatable bonds is 10. The highest BCUT2D eigenvalue weighted by Gasteiger charge is 2.16. The van der Waals surface area contributed by atoms with Crippen molar-refractivity contribution >= 4 is 17.8 Å². The van der Waals surface area contributed by atoms with E-state index >= 15 is 0 Å². The first-order chi connectivity index (χ1) is 16.3. The minimum atomic E-state index is -0.493. The van der Waals surface area contributed by atoms with Crippen LogP contribution in [0.4, 0.5) is 0 Å². The van der Waals surface area contributed by atoms with E-state index in [1.165, 1.54) is 7.11 Å². The Morgan fingerprint density at radius 3 is 2.32 bits per heavy atom. The molecule has 0 radical (unpaired) electrons. The van der Waals surface area contributed by atoms with E-state index in [4.69, 9.17) is 15.2 Å². The molecule has 3 aromatic rings. The lowest BCUT2D eigenvalue weighted by molar-refractivity contribution is -0.143. The standard InChI is InChI=1S/C26H28N2O6/c1-4-33-24(29)14-9-20-8-13-23(18-5-10-21(11-6-18)34-16-25(30)32-3)28(20)22-12-7-19(26(27)31)15-17(22)2/h5-8,10-13,15H,4,9,14,16H2,1-3H3,(H2,27,31). The van der Waals surface area contributed by atoms with Crippen LogP contribution in [0.15, 0.2) is 54.6 Å². The molecule has 0 aliphatic rings. The van der Waals surface area contributed by atoms with E-state index in [0.29, 0.717) is 24.3 Å². The van der Waals surface area contributed by atoms with E-state index in [0.717, 1.165) is 28.2 Å². The van der Waals surface area contributed by atoms with Crippen molar-refractivity contribution in [1.29, 1.82) is 0 Å². The zero-order chi connectivity index (χ0) is 24.7. The Morgan fingerprint density at radius 2 is 1.71 bits per heavy atom. The first kappa shape index (κ1) is 24.6. The lowest BCUT2D eigenvalue weighted by Gasteiger charge is -2.17.